The van der Waals surface area contributed by atoms with Crippen molar-refractivity contribution >= 4 is 49.0 Å². The molecule has 0 saturated carbocycles. The van der Waals surface area contributed by atoms with Gasteiger partial charge in [-0.15, -0.1) is 5.10 Å². The number of amides is 1. The Bertz CT molecular complexity index is 1440. The first-order chi connectivity index (χ1) is 17.6. The molecule has 1 amide bonds. The van der Waals surface area contributed by atoms with Crippen LogP contribution in [0.3, 0.4) is 0 Å². The molecule has 10 nitrogen and oxygen atoms in total. The largest absolute Gasteiger partial charge is 0.493 e. The molecule has 0 radical (unpaired) electrons. The lowest BCUT2D eigenvalue weighted by molar-refractivity contribution is -0.114. The molecule has 0 spiro atoms. The molecule has 4 rings (SSSR count). The Morgan fingerprint density at radius 3 is 2.46 bits per heavy atom. The zero-order valence-corrected chi connectivity index (χ0v) is 22.4. The molecule has 2 heterocycles. The highest BCUT2D eigenvalue weighted by Gasteiger charge is 2.39. The average molecular weight is 543 g/mol. The molecule has 0 unspecified atom stereocenters. The van der Waals surface area contributed by atoms with Crippen molar-refractivity contribution in [2.45, 2.75) is 20.8 Å². The number of sulfone groups is 1. The number of thioether (sulfide) groups is 1. The van der Waals surface area contributed by atoms with Crippen LogP contribution in [-0.2, 0) is 14.6 Å². The second kappa shape index (κ2) is 10.8. The lowest BCUT2D eigenvalue weighted by Crippen LogP contribution is -2.35. The molecule has 2 aliphatic rings. The Kier molecular flexibility index (Phi) is 7.69. The predicted octanol–water partition coefficient (Wildman–Crippen LogP) is 3.78. The van der Waals surface area contributed by atoms with Gasteiger partial charge < -0.3 is 14.2 Å². The second-order valence-corrected chi connectivity index (χ2v) is 11.5. The van der Waals surface area contributed by atoms with E-state index in [0.717, 1.165) is 33.6 Å². The average Bonchev–Trinajstić information content (AvgIpc) is 3.31. The van der Waals surface area contributed by atoms with Gasteiger partial charge in [-0.05, 0) is 60.5 Å². The van der Waals surface area contributed by atoms with E-state index in [-0.39, 0.29) is 26.7 Å². The molecule has 2 aromatic rings. The van der Waals surface area contributed by atoms with Crippen LogP contribution >= 0.6 is 11.8 Å². The van der Waals surface area contributed by atoms with Gasteiger partial charge in [0.15, 0.2) is 17.3 Å². The minimum absolute atomic E-state index is 0.0269. The number of carbonyl (C=O) groups is 1. The Morgan fingerprint density at radius 2 is 1.78 bits per heavy atom. The van der Waals surface area contributed by atoms with Gasteiger partial charge in [0, 0.05) is 0 Å². The van der Waals surface area contributed by atoms with Crippen LogP contribution in [0.5, 0.6) is 17.2 Å². The first-order valence-corrected chi connectivity index (χ1v) is 13.8. The number of fused-ring (bicyclic) bond motifs is 1. The first-order valence-electron chi connectivity index (χ1n) is 11.4. The summed E-state index contributed by atoms with van der Waals surface area (Å²) in [6.45, 7) is 6.11. The van der Waals surface area contributed by atoms with E-state index in [4.69, 9.17) is 19.6 Å². The lowest BCUT2D eigenvalue weighted by atomic mass is 10.1. The van der Waals surface area contributed by atoms with E-state index < -0.39 is 15.7 Å². The molecule has 2 aromatic carbocycles. The third-order valence-corrected chi connectivity index (χ3v) is 8.67. The molecule has 37 heavy (non-hydrogen) atoms. The molecule has 12 heteroatoms. The summed E-state index contributed by atoms with van der Waals surface area (Å²) < 4.78 is 41.3. The van der Waals surface area contributed by atoms with Gasteiger partial charge in [-0.2, -0.15) is 10.0 Å². The van der Waals surface area contributed by atoms with Crippen LogP contribution in [0.4, 0.5) is 0 Å². The highest BCUT2D eigenvalue weighted by atomic mass is 32.3. The Hall–Kier alpha value is -3.64. The smallest absolute Gasteiger partial charge is 0.283 e. The topological polar surface area (TPSA) is 131 Å². The summed E-state index contributed by atoms with van der Waals surface area (Å²) in [5.41, 5.74) is 2.65. The zero-order chi connectivity index (χ0) is 26.7. The van der Waals surface area contributed by atoms with Crippen LogP contribution in [0.25, 0.3) is 6.08 Å². The molecule has 1 N–H and O–H groups in total. The highest BCUT2D eigenvalue weighted by Crippen LogP contribution is 2.32. The van der Waals surface area contributed by atoms with Crippen molar-refractivity contribution in [3.63, 3.8) is 0 Å². The number of rotatable bonds is 8. The molecule has 0 aliphatic carbocycles. The maximum atomic E-state index is 12.6. The van der Waals surface area contributed by atoms with E-state index in [2.05, 4.69) is 10.1 Å². The number of aliphatic imine (C=N–C) groups is 1. The van der Waals surface area contributed by atoms with Gasteiger partial charge in [0.25, 0.3) is 5.91 Å². The fourth-order valence-corrected chi connectivity index (χ4v) is 5.77. The maximum absolute atomic E-state index is 12.6. The van der Waals surface area contributed by atoms with Crippen LogP contribution in [0.15, 0.2) is 52.1 Å². The summed E-state index contributed by atoms with van der Waals surface area (Å²) in [5.74, 6) is 0.714. The van der Waals surface area contributed by atoms with E-state index in [0.29, 0.717) is 30.3 Å². The molecular weight excluding hydrogens is 516 g/mol. The summed E-state index contributed by atoms with van der Waals surface area (Å²) in [4.78, 5) is 16.6. The number of hydrogen-bond acceptors (Lipinski definition) is 9. The Labute approximate surface area is 219 Å². The van der Waals surface area contributed by atoms with Crippen molar-refractivity contribution in [3.05, 3.63) is 58.7 Å². The summed E-state index contributed by atoms with van der Waals surface area (Å²) in [6, 6.07) is 11.0. The monoisotopic (exact) mass is 542 g/mol. The maximum Gasteiger partial charge on any atom is 0.283 e. The zero-order valence-electron chi connectivity index (χ0n) is 20.8. The number of aryl methyl sites for hydroxylation is 2. The van der Waals surface area contributed by atoms with E-state index in [9.17, 15) is 13.2 Å². The van der Waals surface area contributed by atoms with Gasteiger partial charge in [-0.3, -0.25) is 10.2 Å². The standard InChI is InChI=1S/C25H26N4O6S2/c1-5-37(31,32)25-28-29-22(26)18(23(30)27-24(29)36-25)13-17-9-10-19(20(14-17)33-4)34-11-12-35-21-15(2)7-6-8-16(21)3/h6-10,13-14,26H,5,11-12H2,1-4H3/b18-13-,26-22?. The summed E-state index contributed by atoms with van der Waals surface area (Å²) >= 11 is 0.762. The minimum Gasteiger partial charge on any atom is -0.493 e. The Balaban J connectivity index is 1.47. The SMILES string of the molecule is CCS(=O)(=O)C1=NN2C(=N)/C(=C/c3ccc(OCCOc4c(C)cccc4C)c(OC)c3)C(=O)N=C2S1. The lowest BCUT2D eigenvalue weighted by Gasteiger charge is -2.20. The molecular formula is C25H26N4O6S2. The highest BCUT2D eigenvalue weighted by molar-refractivity contribution is 8.42. The Morgan fingerprint density at radius 1 is 1.08 bits per heavy atom. The number of nitrogens with one attached hydrogen (secondary N) is 1. The van der Waals surface area contributed by atoms with Crippen LogP contribution in [0.1, 0.15) is 23.6 Å². The number of para-hydroxylation sites is 1. The van der Waals surface area contributed by atoms with Crippen molar-refractivity contribution in [3.8, 4) is 17.2 Å². The predicted molar refractivity (Wildman–Crippen MR) is 144 cm³/mol. The fourth-order valence-electron chi connectivity index (χ4n) is 3.61. The summed E-state index contributed by atoms with van der Waals surface area (Å²) in [5, 5.41) is 13.5. The van der Waals surface area contributed by atoms with Gasteiger partial charge in [0.2, 0.25) is 19.4 Å². The fraction of sp³-hybridized carbons (Fsp3) is 0.280. The van der Waals surface area contributed by atoms with Gasteiger partial charge in [-0.25, -0.2) is 8.42 Å². The van der Waals surface area contributed by atoms with Crippen molar-refractivity contribution in [2.75, 3.05) is 26.1 Å². The normalized spacial score (nSPS) is 16.4. The van der Waals surface area contributed by atoms with Crippen LogP contribution in [0.2, 0.25) is 0 Å². The third-order valence-electron chi connectivity index (χ3n) is 5.58. The van der Waals surface area contributed by atoms with E-state index in [1.807, 2.05) is 32.0 Å². The van der Waals surface area contributed by atoms with Crippen LogP contribution in [0, 0.1) is 19.3 Å². The van der Waals surface area contributed by atoms with Crippen molar-refractivity contribution < 1.29 is 27.4 Å². The van der Waals surface area contributed by atoms with Gasteiger partial charge in [0.05, 0.1) is 18.4 Å². The van der Waals surface area contributed by atoms with E-state index in [1.54, 1.807) is 18.2 Å². The minimum atomic E-state index is -3.59. The number of methoxy groups -OCH3 is 1. The van der Waals surface area contributed by atoms with Gasteiger partial charge in [0.1, 0.15) is 19.0 Å². The number of carbonyl (C=O) groups excluding carboxylic acids is 1. The van der Waals surface area contributed by atoms with Crippen LogP contribution in [-0.4, -0.2) is 60.8 Å². The molecule has 2 aliphatic heterocycles. The summed E-state index contributed by atoms with van der Waals surface area (Å²) in [7, 11) is -2.09. The van der Waals surface area contributed by atoms with Crippen LogP contribution < -0.4 is 14.2 Å². The number of ether oxygens (including phenoxy) is 3. The van der Waals surface area contributed by atoms with Crippen molar-refractivity contribution in [1.29, 1.82) is 5.41 Å². The molecule has 0 aromatic heterocycles. The molecule has 0 atom stereocenters. The quantitative estimate of drug-likeness (QED) is 0.394. The number of hydrazone groups is 1. The van der Waals surface area contributed by atoms with E-state index in [1.165, 1.54) is 20.1 Å². The number of nitrogens with zero attached hydrogens (tertiary/aromatic N) is 3. The summed E-state index contributed by atoms with van der Waals surface area (Å²) in [6.07, 6.45) is 1.48. The third kappa shape index (κ3) is 5.54. The first kappa shape index (κ1) is 26.4. The van der Waals surface area contributed by atoms with Crippen molar-refractivity contribution in [2.24, 2.45) is 10.1 Å². The van der Waals surface area contributed by atoms with Gasteiger partial charge in [-0.1, -0.05) is 31.2 Å². The second-order valence-electron chi connectivity index (χ2n) is 8.12. The van der Waals surface area contributed by atoms with Gasteiger partial charge >= 0.3 is 0 Å². The number of benzene rings is 2. The molecule has 0 fully saturated rings. The molecule has 194 valence electrons. The molecule has 0 saturated heterocycles. The van der Waals surface area contributed by atoms with Crippen molar-refractivity contribution in [1.82, 2.24) is 5.01 Å². The number of hydrogen-bond donors (Lipinski definition) is 1. The number of amidine groups is 2. The van der Waals surface area contributed by atoms with E-state index >= 15 is 0 Å². The molecule has 0 bridgehead atoms.